The van der Waals surface area contributed by atoms with Gasteiger partial charge in [0.05, 0.1) is 4.90 Å². The van der Waals surface area contributed by atoms with Crippen LogP contribution in [0.1, 0.15) is 33.3 Å². The number of nitrogens with one attached hydrogen (secondary N) is 2. The van der Waals surface area contributed by atoms with E-state index in [1.165, 1.54) is 6.07 Å². The van der Waals surface area contributed by atoms with Gasteiger partial charge in [-0.3, -0.25) is 0 Å². The van der Waals surface area contributed by atoms with E-state index in [0.29, 0.717) is 18.1 Å². The minimum atomic E-state index is -3.49. The summed E-state index contributed by atoms with van der Waals surface area (Å²) in [6, 6.07) is 4.78. The van der Waals surface area contributed by atoms with E-state index < -0.39 is 10.0 Å². The van der Waals surface area contributed by atoms with Gasteiger partial charge >= 0.3 is 0 Å². The Morgan fingerprint density at radius 3 is 2.45 bits per heavy atom. The summed E-state index contributed by atoms with van der Waals surface area (Å²) in [5.74, 6) is 0. The summed E-state index contributed by atoms with van der Waals surface area (Å²) in [5, 5.41) is 3.71. The van der Waals surface area contributed by atoms with Crippen molar-refractivity contribution in [1.82, 2.24) is 10.0 Å². The lowest BCUT2D eigenvalue weighted by atomic mass is 9.98. The van der Waals surface area contributed by atoms with Crippen molar-refractivity contribution in [1.29, 1.82) is 0 Å². The van der Waals surface area contributed by atoms with Crippen LogP contribution in [0.15, 0.2) is 23.1 Å². The minimum absolute atomic E-state index is 0.105. The van der Waals surface area contributed by atoms with Gasteiger partial charge in [-0.15, -0.1) is 0 Å². The molecule has 0 aliphatic heterocycles. The third kappa shape index (κ3) is 5.40. The standard InChI is InChI=1S/C14H23ClN2O2S/c1-5-16-9-11-8-12(6-7-13(11)15)20(18,19)17-10-14(2,3)4/h6-8,16-17H,5,9-10H2,1-4H3. The second-order valence-electron chi connectivity index (χ2n) is 5.92. The molecule has 6 heteroatoms. The molecule has 0 aliphatic carbocycles. The normalized spacial score (nSPS) is 12.7. The van der Waals surface area contributed by atoms with Gasteiger partial charge in [-0.1, -0.05) is 39.3 Å². The lowest BCUT2D eigenvalue weighted by Gasteiger charge is -2.19. The van der Waals surface area contributed by atoms with Crippen LogP contribution in [0, 0.1) is 5.41 Å². The zero-order chi connectivity index (χ0) is 15.4. The number of sulfonamides is 1. The van der Waals surface area contributed by atoms with E-state index >= 15 is 0 Å². The van der Waals surface area contributed by atoms with Gasteiger partial charge in [0.25, 0.3) is 0 Å². The highest BCUT2D eigenvalue weighted by Gasteiger charge is 2.19. The average Bonchev–Trinajstić information content (AvgIpc) is 2.34. The lowest BCUT2D eigenvalue weighted by Crippen LogP contribution is -2.32. The fourth-order valence-corrected chi connectivity index (χ4v) is 3.03. The third-order valence-electron chi connectivity index (χ3n) is 2.69. The van der Waals surface area contributed by atoms with Crippen LogP contribution in [0.5, 0.6) is 0 Å². The topological polar surface area (TPSA) is 58.2 Å². The quantitative estimate of drug-likeness (QED) is 0.848. The molecule has 0 saturated heterocycles. The molecule has 0 aromatic heterocycles. The molecule has 0 aliphatic rings. The molecule has 0 spiro atoms. The molecular formula is C14H23ClN2O2S. The first-order chi connectivity index (χ1) is 9.15. The molecule has 0 amide bonds. The minimum Gasteiger partial charge on any atom is -0.313 e. The van der Waals surface area contributed by atoms with Crippen LogP contribution in [-0.4, -0.2) is 21.5 Å². The summed E-state index contributed by atoms with van der Waals surface area (Å²) in [6.07, 6.45) is 0. The maximum Gasteiger partial charge on any atom is 0.240 e. The van der Waals surface area contributed by atoms with Crippen molar-refractivity contribution in [2.75, 3.05) is 13.1 Å². The molecule has 0 fully saturated rings. The lowest BCUT2D eigenvalue weighted by molar-refractivity contribution is 0.407. The summed E-state index contributed by atoms with van der Waals surface area (Å²) in [7, 11) is -3.49. The number of benzene rings is 1. The molecule has 0 bridgehead atoms. The van der Waals surface area contributed by atoms with E-state index in [1.807, 2.05) is 27.7 Å². The van der Waals surface area contributed by atoms with Gasteiger partial charge in [0.1, 0.15) is 0 Å². The van der Waals surface area contributed by atoms with Gasteiger partial charge in [0.2, 0.25) is 10.0 Å². The number of hydrogen-bond acceptors (Lipinski definition) is 3. The average molecular weight is 319 g/mol. The first-order valence-corrected chi connectivity index (χ1v) is 8.50. The Morgan fingerprint density at radius 2 is 1.90 bits per heavy atom. The van der Waals surface area contributed by atoms with Crippen LogP contribution in [0.2, 0.25) is 5.02 Å². The second kappa shape index (κ2) is 6.89. The Balaban J connectivity index is 2.95. The molecule has 0 atom stereocenters. The van der Waals surface area contributed by atoms with E-state index in [1.54, 1.807) is 12.1 Å². The first kappa shape index (κ1) is 17.4. The van der Waals surface area contributed by atoms with Crippen LogP contribution in [0.25, 0.3) is 0 Å². The van der Waals surface area contributed by atoms with Crippen molar-refractivity contribution < 1.29 is 8.42 Å². The van der Waals surface area contributed by atoms with Gasteiger partial charge in [-0.2, -0.15) is 0 Å². The SMILES string of the molecule is CCNCc1cc(S(=O)(=O)NCC(C)(C)C)ccc1Cl. The molecule has 0 unspecified atom stereocenters. The molecular weight excluding hydrogens is 296 g/mol. The van der Waals surface area contributed by atoms with E-state index in [0.717, 1.165) is 12.1 Å². The molecule has 20 heavy (non-hydrogen) atoms. The van der Waals surface area contributed by atoms with Gasteiger partial charge in [-0.25, -0.2) is 13.1 Å². The van der Waals surface area contributed by atoms with Crippen molar-refractivity contribution >= 4 is 21.6 Å². The molecule has 1 rings (SSSR count). The highest BCUT2D eigenvalue weighted by atomic mass is 35.5. The summed E-state index contributed by atoms with van der Waals surface area (Å²) in [5.41, 5.74) is 0.679. The van der Waals surface area contributed by atoms with Crippen molar-refractivity contribution in [3.8, 4) is 0 Å². The summed E-state index contributed by atoms with van der Waals surface area (Å²) >= 11 is 6.08. The predicted molar refractivity (Wildman–Crippen MR) is 83.5 cm³/mol. The van der Waals surface area contributed by atoms with Crippen LogP contribution < -0.4 is 10.0 Å². The van der Waals surface area contributed by atoms with E-state index in [9.17, 15) is 8.42 Å². The van der Waals surface area contributed by atoms with Crippen LogP contribution in [-0.2, 0) is 16.6 Å². The van der Waals surface area contributed by atoms with Crippen molar-refractivity contribution in [2.24, 2.45) is 5.41 Å². The molecule has 114 valence electrons. The highest BCUT2D eigenvalue weighted by molar-refractivity contribution is 7.89. The monoisotopic (exact) mass is 318 g/mol. The van der Waals surface area contributed by atoms with Crippen LogP contribution in [0.3, 0.4) is 0 Å². The molecule has 0 radical (unpaired) electrons. The van der Waals surface area contributed by atoms with Gasteiger partial charge in [0.15, 0.2) is 0 Å². The summed E-state index contributed by atoms with van der Waals surface area (Å²) in [4.78, 5) is 0.249. The Labute approximate surface area is 127 Å². The maximum atomic E-state index is 12.2. The van der Waals surface area contributed by atoms with Gasteiger partial charge < -0.3 is 5.32 Å². The zero-order valence-electron chi connectivity index (χ0n) is 12.5. The second-order valence-corrected chi connectivity index (χ2v) is 8.09. The summed E-state index contributed by atoms with van der Waals surface area (Å²) in [6.45, 7) is 9.67. The van der Waals surface area contributed by atoms with Gasteiger partial charge in [-0.05, 0) is 35.7 Å². The van der Waals surface area contributed by atoms with Crippen LogP contribution >= 0.6 is 11.6 Å². The third-order valence-corrected chi connectivity index (χ3v) is 4.45. The molecule has 4 nitrogen and oxygen atoms in total. The number of halogens is 1. The van der Waals surface area contributed by atoms with Gasteiger partial charge in [0, 0.05) is 18.1 Å². The molecule has 0 saturated carbocycles. The van der Waals surface area contributed by atoms with Crippen LogP contribution in [0.4, 0.5) is 0 Å². The fraction of sp³-hybridized carbons (Fsp3) is 0.571. The smallest absolute Gasteiger partial charge is 0.240 e. The van der Waals surface area contributed by atoms with E-state index in [4.69, 9.17) is 11.6 Å². The molecule has 1 aromatic rings. The van der Waals surface area contributed by atoms with Crippen molar-refractivity contribution in [3.63, 3.8) is 0 Å². The Hall–Kier alpha value is -0.620. The summed E-state index contributed by atoms with van der Waals surface area (Å²) < 4.78 is 27.1. The predicted octanol–water partition coefficient (Wildman–Crippen LogP) is 2.77. The number of hydrogen-bond donors (Lipinski definition) is 2. The highest BCUT2D eigenvalue weighted by Crippen LogP contribution is 2.21. The molecule has 1 aromatic carbocycles. The zero-order valence-corrected chi connectivity index (χ0v) is 14.0. The Bertz CT molecular complexity index is 551. The van der Waals surface area contributed by atoms with Crippen molar-refractivity contribution in [2.45, 2.75) is 39.1 Å². The fourth-order valence-electron chi connectivity index (χ4n) is 1.51. The first-order valence-electron chi connectivity index (χ1n) is 6.64. The largest absolute Gasteiger partial charge is 0.313 e. The molecule has 2 N–H and O–H groups in total. The van der Waals surface area contributed by atoms with E-state index in [2.05, 4.69) is 10.0 Å². The Morgan fingerprint density at radius 1 is 1.25 bits per heavy atom. The van der Waals surface area contributed by atoms with E-state index in [-0.39, 0.29) is 10.3 Å². The van der Waals surface area contributed by atoms with Crippen molar-refractivity contribution in [3.05, 3.63) is 28.8 Å². The maximum absolute atomic E-state index is 12.2. The Kier molecular flexibility index (Phi) is 6.01. The molecule has 0 heterocycles. The number of rotatable bonds is 6.